The predicted octanol–water partition coefficient (Wildman–Crippen LogP) is 3.14. The van der Waals surface area contributed by atoms with E-state index in [0.29, 0.717) is 12.1 Å². The van der Waals surface area contributed by atoms with E-state index in [-0.39, 0.29) is 29.5 Å². The van der Waals surface area contributed by atoms with E-state index in [2.05, 4.69) is 4.74 Å². The second kappa shape index (κ2) is 9.52. The summed E-state index contributed by atoms with van der Waals surface area (Å²) in [7, 11) is -0.666. The van der Waals surface area contributed by atoms with Crippen LogP contribution in [0.25, 0.3) is 0 Å². The van der Waals surface area contributed by atoms with Crippen LogP contribution in [0.2, 0.25) is 0 Å². The third-order valence-corrected chi connectivity index (χ3v) is 4.71. The van der Waals surface area contributed by atoms with E-state index in [1.54, 1.807) is 48.3 Å². The van der Waals surface area contributed by atoms with Crippen molar-refractivity contribution in [2.24, 2.45) is 0 Å². The van der Waals surface area contributed by atoms with Crippen molar-refractivity contribution in [2.75, 3.05) is 26.5 Å². The largest absolute Gasteiger partial charge is 0.493 e. The Bertz CT molecular complexity index is 831. The van der Waals surface area contributed by atoms with Gasteiger partial charge < -0.3 is 18.6 Å². The molecule has 0 spiro atoms. The average Bonchev–Trinajstić information content (AvgIpc) is 2.60. The fraction of sp³-hybridized carbons (Fsp3) is 0.333. The van der Waals surface area contributed by atoms with Crippen LogP contribution in [0, 0.1) is 0 Å². The van der Waals surface area contributed by atoms with Crippen molar-refractivity contribution in [3.05, 3.63) is 54.1 Å². The minimum atomic E-state index is -3.74. The minimum absolute atomic E-state index is 0.0709. The van der Waals surface area contributed by atoms with Crippen molar-refractivity contribution in [3.63, 3.8) is 0 Å². The molecule has 148 valence electrons. The lowest BCUT2D eigenvalue weighted by molar-refractivity contribution is -0.0512. The van der Waals surface area contributed by atoms with E-state index in [4.69, 9.17) is 8.92 Å². The van der Waals surface area contributed by atoms with Crippen LogP contribution in [0.15, 0.2) is 48.5 Å². The summed E-state index contributed by atoms with van der Waals surface area (Å²) in [5.74, 6) is 0.164. The molecule has 0 fully saturated rings. The fourth-order valence-electron chi connectivity index (χ4n) is 2.33. The van der Waals surface area contributed by atoms with Crippen LogP contribution in [0.1, 0.15) is 5.56 Å². The highest BCUT2D eigenvalue weighted by Gasteiger charge is 2.16. The third-order valence-electron chi connectivity index (χ3n) is 3.59. The van der Waals surface area contributed by atoms with Crippen molar-refractivity contribution in [2.45, 2.75) is 13.2 Å². The summed E-state index contributed by atoms with van der Waals surface area (Å²) in [6, 6.07) is 12.9. The molecule has 0 amide bonds. The van der Waals surface area contributed by atoms with Crippen molar-refractivity contribution >= 4 is 10.1 Å². The molecule has 2 aromatic rings. The maximum absolute atomic E-state index is 12.5. The van der Waals surface area contributed by atoms with Gasteiger partial charge in [0.25, 0.3) is 0 Å². The Labute approximate surface area is 157 Å². The van der Waals surface area contributed by atoms with Gasteiger partial charge in [0, 0.05) is 13.1 Å². The highest BCUT2D eigenvalue weighted by Crippen LogP contribution is 2.29. The Morgan fingerprint density at radius 3 is 2.41 bits per heavy atom. The Kier molecular flexibility index (Phi) is 7.37. The number of hydrogen-bond donors (Lipinski definition) is 0. The summed E-state index contributed by atoms with van der Waals surface area (Å²) in [5, 5.41) is 0. The van der Waals surface area contributed by atoms with Gasteiger partial charge in [0.2, 0.25) is 0 Å². The van der Waals surface area contributed by atoms with Crippen LogP contribution in [0.3, 0.4) is 0 Å². The smallest absolute Gasteiger partial charge is 0.387 e. The van der Waals surface area contributed by atoms with Crippen LogP contribution >= 0.6 is 0 Å². The molecule has 0 aliphatic carbocycles. The van der Waals surface area contributed by atoms with Gasteiger partial charge in [0.1, 0.15) is 5.75 Å². The molecular formula is C18H21F2NO5S. The summed E-state index contributed by atoms with van der Waals surface area (Å²) < 4.78 is 63.5. The first kappa shape index (κ1) is 20.9. The second-order valence-corrected chi connectivity index (χ2v) is 7.45. The number of methoxy groups -OCH3 is 1. The lowest BCUT2D eigenvalue weighted by atomic mass is 10.2. The monoisotopic (exact) mass is 401 g/mol. The number of rotatable bonds is 10. The number of hydrogen-bond acceptors (Lipinski definition) is 6. The Hall–Kier alpha value is -2.39. The molecule has 2 rings (SSSR count). The summed E-state index contributed by atoms with van der Waals surface area (Å²) >= 11 is 0. The highest BCUT2D eigenvalue weighted by atomic mass is 32.2. The second-order valence-electron chi connectivity index (χ2n) is 5.76. The quantitative estimate of drug-likeness (QED) is 0.570. The van der Waals surface area contributed by atoms with Crippen molar-refractivity contribution in [3.8, 4) is 17.2 Å². The third kappa shape index (κ3) is 7.03. The van der Waals surface area contributed by atoms with Gasteiger partial charge >= 0.3 is 16.7 Å². The molecule has 0 atom stereocenters. The number of benzene rings is 2. The molecule has 0 unspecified atom stereocenters. The Balaban J connectivity index is 1.94. The number of halogens is 2. The molecule has 0 saturated carbocycles. The van der Waals surface area contributed by atoms with Crippen molar-refractivity contribution in [1.82, 2.24) is 4.90 Å². The van der Waals surface area contributed by atoms with Gasteiger partial charge in [-0.15, -0.1) is 0 Å². The zero-order valence-electron chi connectivity index (χ0n) is 15.0. The van der Waals surface area contributed by atoms with Gasteiger partial charge in [-0.05, 0) is 36.9 Å². The van der Waals surface area contributed by atoms with E-state index in [9.17, 15) is 17.2 Å². The molecule has 27 heavy (non-hydrogen) atoms. The van der Waals surface area contributed by atoms with Gasteiger partial charge in [0.05, 0.1) is 12.9 Å². The van der Waals surface area contributed by atoms with Gasteiger partial charge in [0.15, 0.2) is 11.5 Å². The van der Waals surface area contributed by atoms with Gasteiger partial charge in [-0.1, -0.05) is 24.3 Å². The molecule has 0 aliphatic rings. The summed E-state index contributed by atoms with van der Waals surface area (Å²) in [6.45, 7) is -2.43. The molecule has 9 heteroatoms. The molecule has 2 aromatic carbocycles. The van der Waals surface area contributed by atoms with Crippen LogP contribution < -0.4 is 13.7 Å². The number of nitrogens with zero attached hydrogens (tertiary/aromatic N) is 1. The maximum atomic E-state index is 12.5. The van der Waals surface area contributed by atoms with Crippen LogP contribution in [-0.4, -0.2) is 46.4 Å². The lowest BCUT2D eigenvalue weighted by Crippen LogP contribution is -2.27. The van der Waals surface area contributed by atoms with Crippen molar-refractivity contribution in [1.29, 1.82) is 0 Å². The number of ether oxygens (including phenoxy) is 2. The maximum Gasteiger partial charge on any atom is 0.387 e. The first-order chi connectivity index (χ1) is 12.8. The van der Waals surface area contributed by atoms with E-state index >= 15 is 0 Å². The van der Waals surface area contributed by atoms with E-state index in [0.717, 1.165) is 0 Å². The zero-order valence-corrected chi connectivity index (χ0v) is 15.8. The van der Waals surface area contributed by atoms with E-state index in [1.807, 2.05) is 0 Å². The normalized spacial score (nSPS) is 11.6. The summed E-state index contributed by atoms with van der Waals surface area (Å²) in [5.41, 5.74) is 0.676. The van der Waals surface area contributed by atoms with Gasteiger partial charge in [-0.25, -0.2) is 0 Å². The van der Waals surface area contributed by atoms with E-state index in [1.165, 1.54) is 19.2 Å². The summed E-state index contributed by atoms with van der Waals surface area (Å²) in [4.78, 5) is 1.74. The predicted molar refractivity (Wildman–Crippen MR) is 96.8 cm³/mol. The van der Waals surface area contributed by atoms with Gasteiger partial charge in [-0.3, -0.25) is 0 Å². The Morgan fingerprint density at radius 2 is 1.78 bits per heavy atom. The molecule has 0 aromatic heterocycles. The standard InChI is InChI=1S/C18H21F2NO5S/c1-21(10-11-27(22,23)26-15-6-4-3-5-7-15)13-14-8-9-16(24-2)17(12-14)25-18(19)20/h3-9,12,18H,10-11,13H2,1-2H3. The average molecular weight is 401 g/mol. The van der Waals surface area contributed by atoms with Gasteiger partial charge in [-0.2, -0.15) is 17.2 Å². The number of para-hydroxylation sites is 1. The minimum Gasteiger partial charge on any atom is -0.493 e. The zero-order chi connectivity index (χ0) is 19.9. The van der Waals surface area contributed by atoms with Crippen LogP contribution in [0.4, 0.5) is 8.78 Å². The number of alkyl halides is 2. The van der Waals surface area contributed by atoms with E-state index < -0.39 is 16.7 Å². The SMILES string of the molecule is COc1ccc(CN(C)CCS(=O)(=O)Oc2ccccc2)cc1OC(F)F. The lowest BCUT2D eigenvalue weighted by Gasteiger charge is -2.18. The summed E-state index contributed by atoms with van der Waals surface area (Å²) in [6.07, 6.45) is 0. The van der Waals surface area contributed by atoms with Crippen LogP contribution in [-0.2, 0) is 16.7 Å². The Morgan fingerprint density at radius 1 is 1.07 bits per heavy atom. The van der Waals surface area contributed by atoms with Crippen LogP contribution in [0.5, 0.6) is 17.2 Å². The highest BCUT2D eigenvalue weighted by molar-refractivity contribution is 7.87. The fourth-order valence-corrected chi connectivity index (χ4v) is 3.35. The first-order valence-electron chi connectivity index (χ1n) is 8.06. The molecule has 0 saturated heterocycles. The molecule has 0 heterocycles. The molecule has 6 nitrogen and oxygen atoms in total. The first-order valence-corrected chi connectivity index (χ1v) is 9.64. The molecule has 0 radical (unpaired) electrons. The molecule has 0 bridgehead atoms. The van der Waals surface area contributed by atoms with Crippen molar-refractivity contribution < 1.29 is 30.9 Å². The molecular weight excluding hydrogens is 380 g/mol. The molecule has 0 N–H and O–H groups in total. The topological polar surface area (TPSA) is 65.1 Å². The molecule has 0 aliphatic heterocycles.